The van der Waals surface area contributed by atoms with Gasteiger partial charge in [-0.05, 0) is 68.9 Å². The Morgan fingerprint density at radius 2 is 1.86 bits per heavy atom. The molecule has 7 rings (SSSR count). The summed E-state index contributed by atoms with van der Waals surface area (Å²) in [5, 5.41) is 18.9. The number of aromatic nitrogens is 4. The van der Waals surface area contributed by atoms with E-state index in [-0.39, 0.29) is 23.5 Å². The second-order valence-corrected chi connectivity index (χ2v) is 12.3. The lowest BCUT2D eigenvalue weighted by Gasteiger charge is -2.39. The highest BCUT2D eigenvalue weighted by Crippen LogP contribution is 2.48. The molecular weight excluding hydrogens is 530 g/mol. The third-order valence-corrected chi connectivity index (χ3v) is 9.19. The molecule has 0 radical (unpaired) electrons. The maximum Gasteiger partial charge on any atom is 0.318 e. The number of aryl methyl sites for hydroxylation is 2. The van der Waals surface area contributed by atoms with Gasteiger partial charge in [0, 0.05) is 30.7 Å². The number of hydrogen-bond donors (Lipinski definition) is 2. The van der Waals surface area contributed by atoms with Gasteiger partial charge in [-0.3, -0.25) is 4.98 Å². The van der Waals surface area contributed by atoms with Crippen molar-refractivity contribution in [3.63, 3.8) is 0 Å². The summed E-state index contributed by atoms with van der Waals surface area (Å²) >= 11 is 0. The van der Waals surface area contributed by atoms with Crippen LogP contribution in [-0.4, -0.2) is 73.9 Å². The van der Waals surface area contributed by atoms with Gasteiger partial charge in [-0.2, -0.15) is 0 Å². The highest BCUT2D eigenvalue weighted by molar-refractivity contribution is 5.78. The molecule has 5 heterocycles. The number of aliphatic hydroxyl groups excluding tert-OH is 1. The number of amides is 2. The second-order valence-electron chi connectivity index (χ2n) is 12.3. The van der Waals surface area contributed by atoms with Crippen molar-refractivity contribution in [3.05, 3.63) is 83.6 Å². The zero-order chi connectivity index (χ0) is 28.9. The lowest BCUT2D eigenvalue weighted by molar-refractivity contribution is 0.121. The maximum atomic E-state index is 13.0. The summed E-state index contributed by atoms with van der Waals surface area (Å²) < 4.78 is 7.93. The number of aliphatic hydroxyl groups is 1. The van der Waals surface area contributed by atoms with Crippen LogP contribution in [0.2, 0.25) is 0 Å². The molecule has 3 aliphatic rings. The largest absolute Gasteiger partial charge is 0.491 e. The first-order chi connectivity index (χ1) is 20.3. The quantitative estimate of drug-likeness (QED) is 0.332. The van der Waals surface area contributed by atoms with Crippen molar-refractivity contribution >= 4 is 17.4 Å². The summed E-state index contributed by atoms with van der Waals surface area (Å²) in [6.07, 6.45) is 6.63. The van der Waals surface area contributed by atoms with Crippen LogP contribution in [-0.2, 0) is 5.41 Å². The molecule has 218 valence electrons. The van der Waals surface area contributed by atoms with Gasteiger partial charge in [0.15, 0.2) is 11.5 Å². The lowest BCUT2D eigenvalue weighted by Crippen LogP contribution is -2.52. The van der Waals surface area contributed by atoms with Crippen LogP contribution in [0.4, 0.5) is 10.5 Å². The molecule has 2 aliphatic heterocycles. The number of carbonyl (C=O) groups excluding carboxylic acids is 1. The van der Waals surface area contributed by atoms with Crippen molar-refractivity contribution in [1.29, 1.82) is 0 Å². The van der Waals surface area contributed by atoms with E-state index in [4.69, 9.17) is 4.74 Å². The second kappa shape index (κ2) is 10.3. The van der Waals surface area contributed by atoms with Gasteiger partial charge in [0.2, 0.25) is 0 Å². The Balaban J connectivity index is 0.989. The van der Waals surface area contributed by atoms with Crippen LogP contribution in [0.15, 0.2) is 60.9 Å². The third-order valence-electron chi connectivity index (χ3n) is 9.19. The van der Waals surface area contributed by atoms with Gasteiger partial charge in [0.1, 0.15) is 11.9 Å². The highest BCUT2D eigenvalue weighted by atomic mass is 16.5. The number of pyridine rings is 2. The van der Waals surface area contributed by atoms with E-state index in [1.54, 1.807) is 9.42 Å². The fourth-order valence-electron chi connectivity index (χ4n) is 6.38. The van der Waals surface area contributed by atoms with Gasteiger partial charge in [-0.15, -0.1) is 5.10 Å². The number of β-amino-alcohol motifs (C(OH)–C–C–N with tert-alkyl or cyclic N) is 1. The number of fused-ring (bicyclic) bond motifs is 1. The zero-order valence-electron chi connectivity index (χ0n) is 24.2. The number of hydrogen-bond acceptors (Lipinski definition) is 7. The molecule has 4 aromatic rings. The standard InChI is InChI=1S/C32H37N7O3/c1-22-16-26(42-21-31(10-11-31)24-6-4-3-5-7-24)18-39-29(22)34-28(36-39)27(40)19-38-20-32(35-30(38)41)12-14-37(15-13-32)25-9-8-23(2)33-17-25/h3-9,16-18,27,40H,10-15,19-21H2,1-2H3,(H,35,41). The van der Waals surface area contributed by atoms with E-state index in [1.807, 2.05) is 44.4 Å². The molecule has 3 fully saturated rings. The van der Waals surface area contributed by atoms with Crippen molar-refractivity contribution < 1.29 is 14.6 Å². The molecule has 1 aromatic carbocycles. The Bertz CT molecular complexity index is 1590. The van der Waals surface area contributed by atoms with Crippen molar-refractivity contribution in [2.75, 3.05) is 37.7 Å². The number of ether oxygens (including phenoxy) is 1. The van der Waals surface area contributed by atoms with Gasteiger partial charge in [0.25, 0.3) is 0 Å². The van der Waals surface area contributed by atoms with Crippen LogP contribution >= 0.6 is 0 Å². The van der Waals surface area contributed by atoms with Gasteiger partial charge in [-0.1, -0.05) is 30.3 Å². The fraction of sp³-hybridized carbons (Fsp3) is 0.438. The molecule has 1 unspecified atom stereocenters. The Hall–Kier alpha value is -4.18. The molecule has 2 amide bonds. The smallest absolute Gasteiger partial charge is 0.318 e. The number of anilines is 1. The average Bonchev–Trinajstić information content (AvgIpc) is 3.57. The van der Waals surface area contributed by atoms with Crippen molar-refractivity contribution in [3.8, 4) is 5.75 Å². The molecule has 1 aliphatic carbocycles. The Kier molecular flexibility index (Phi) is 6.53. The molecule has 1 saturated carbocycles. The number of piperidine rings is 1. The van der Waals surface area contributed by atoms with E-state index in [0.29, 0.717) is 24.6 Å². The van der Waals surface area contributed by atoms with Gasteiger partial charge >= 0.3 is 6.03 Å². The van der Waals surface area contributed by atoms with Crippen molar-refractivity contribution in [2.24, 2.45) is 0 Å². The van der Waals surface area contributed by atoms with Gasteiger partial charge in [0.05, 0.1) is 36.8 Å². The maximum absolute atomic E-state index is 13.0. The van der Waals surface area contributed by atoms with Gasteiger partial charge < -0.3 is 25.0 Å². The van der Waals surface area contributed by atoms with E-state index < -0.39 is 6.10 Å². The first-order valence-corrected chi connectivity index (χ1v) is 14.8. The van der Waals surface area contributed by atoms with E-state index in [0.717, 1.165) is 61.5 Å². The lowest BCUT2D eigenvalue weighted by atomic mass is 9.88. The minimum absolute atomic E-state index is 0.0794. The van der Waals surface area contributed by atoms with Gasteiger partial charge in [-0.25, -0.2) is 14.3 Å². The molecule has 1 spiro atoms. The number of nitrogens with one attached hydrogen (secondary N) is 1. The van der Waals surface area contributed by atoms with E-state index in [9.17, 15) is 9.90 Å². The van der Waals surface area contributed by atoms with Crippen LogP contribution in [0, 0.1) is 13.8 Å². The Morgan fingerprint density at radius 1 is 1.07 bits per heavy atom. The fourth-order valence-corrected chi connectivity index (χ4v) is 6.38. The molecule has 2 saturated heterocycles. The molecule has 2 N–H and O–H groups in total. The first kappa shape index (κ1) is 26.7. The summed E-state index contributed by atoms with van der Waals surface area (Å²) in [6, 6.07) is 16.5. The number of benzene rings is 1. The normalized spacial score (nSPS) is 19.7. The van der Waals surface area contributed by atoms with E-state index >= 15 is 0 Å². The minimum Gasteiger partial charge on any atom is -0.491 e. The topological polar surface area (TPSA) is 108 Å². The van der Waals surface area contributed by atoms with Crippen LogP contribution in [0.1, 0.15) is 54.4 Å². The predicted molar refractivity (Wildman–Crippen MR) is 159 cm³/mol. The van der Waals surface area contributed by atoms with Crippen LogP contribution in [0.5, 0.6) is 5.75 Å². The highest BCUT2D eigenvalue weighted by Gasteiger charge is 2.46. The summed E-state index contributed by atoms with van der Waals surface area (Å²) in [7, 11) is 0. The Labute approximate surface area is 245 Å². The number of carbonyl (C=O) groups is 1. The summed E-state index contributed by atoms with van der Waals surface area (Å²) in [5.74, 6) is 1.02. The number of rotatable bonds is 8. The SMILES string of the molecule is Cc1ccc(N2CCC3(CC2)CN(CC(O)c2nc4c(C)cc(OCC5(c6ccccc6)CC5)cn4n2)C(=O)N3)cn1. The third kappa shape index (κ3) is 5.04. The predicted octanol–water partition coefficient (Wildman–Crippen LogP) is 3.95. The molecule has 42 heavy (non-hydrogen) atoms. The van der Waals surface area contributed by atoms with Crippen LogP contribution in [0.3, 0.4) is 0 Å². The van der Waals surface area contributed by atoms with Crippen molar-refractivity contribution in [2.45, 2.75) is 56.6 Å². The summed E-state index contributed by atoms with van der Waals surface area (Å²) in [4.78, 5) is 26.0. The minimum atomic E-state index is -0.999. The zero-order valence-corrected chi connectivity index (χ0v) is 24.2. The van der Waals surface area contributed by atoms with Crippen LogP contribution in [0.25, 0.3) is 5.65 Å². The Morgan fingerprint density at radius 3 is 2.57 bits per heavy atom. The number of urea groups is 1. The molecule has 10 nitrogen and oxygen atoms in total. The molecule has 1 atom stereocenters. The molecule has 0 bridgehead atoms. The summed E-state index contributed by atoms with van der Waals surface area (Å²) in [6.45, 7) is 6.93. The van der Waals surface area contributed by atoms with E-state index in [1.165, 1.54) is 5.56 Å². The molecule has 3 aromatic heterocycles. The molecular formula is C32H37N7O3. The van der Waals surface area contributed by atoms with E-state index in [2.05, 4.69) is 55.6 Å². The molecule has 10 heteroatoms. The number of nitrogens with zero attached hydrogens (tertiary/aromatic N) is 6. The van der Waals surface area contributed by atoms with Crippen LogP contribution < -0.4 is 15.0 Å². The van der Waals surface area contributed by atoms with Crippen molar-refractivity contribution in [1.82, 2.24) is 29.8 Å². The summed E-state index contributed by atoms with van der Waals surface area (Å²) in [5.41, 5.74) is 4.79. The first-order valence-electron chi connectivity index (χ1n) is 14.8. The monoisotopic (exact) mass is 567 g/mol. The average molecular weight is 568 g/mol.